The molecule has 0 unspecified atom stereocenters. The summed E-state index contributed by atoms with van der Waals surface area (Å²) in [5, 5.41) is 8.93. The van der Waals surface area contributed by atoms with Crippen LogP contribution in [0.2, 0.25) is 10.0 Å². The highest BCUT2D eigenvalue weighted by Crippen LogP contribution is 2.36. The fourth-order valence-electron chi connectivity index (χ4n) is 2.39. The van der Waals surface area contributed by atoms with E-state index >= 15 is 0 Å². The quantitative estimate of drug-likeness (QED) is 0.631. The van der Waals surface area contributed by atoms with Gasteiger partial charge in [0.1, 0.15) is 17.2 Å². The first-order valence-electron chi connectivity index (χ1n) is 7.51. The number of hydrogen-bond acceptors (Lipinski definition) is 4. The van der Waals surface area contributed by atoms with E-state index in [4.69, 9.17) is 23.2 Å². The van der Waals surface area contributed by atoms with Crippen molar-refractivity contribution in [1.29, 1.82) is 0 Å². The summed E-state index contributed by atoms with van der Waals surface area (Å²) in [6, 6.07) is 4.17. The number of nitrogens with zero attached hydrogens (tertiary/aromatic N) is 5. The van der Waals surface area contributed by atoms with Gasteiger partial charge in [-0.05, 0) is 12.1 Å². The third-order valence-electron chi connectivity index (χ3n) is 3.62. The van der Waals surface area contributed by atoms with Crippen molar-refractivity contribution in [1.82, 2.24) is 24.5 Å². The normalized spacial score (nSPS) is 11.7. The smallest absolute Gasteiger partial charge is 0.288 e. The number of carbonyl (C=O) groups excluding carboxylic acids is 1. The molecule has 0 aliphatic rings. The molecule has 0 saturated carbocycles. The van der Waals surface area contributed by atoms with Crippen molar-refractivity contribution < 1.29 is 22.4 Å². The number of aromatic nitrogens is 5. The van der Waals surface area contributed by atoms with Gasteiger partial charge in [-0.2, -0.15) is 18.3 Å². The minimum Gasteiger partial charge on any atom is -0.288 e. The van der Waals surface area contributed by atoms with E-state index in [2.05, 4.69) is 20.5 Å². The predicted molar refractivity (Wildman–Crippen MR) is 91.7 cm³/mol. The maximum Gasteiger partial charge on any atom is 0.434 e. The molecule has 0 aliphatic heterocycles. The van der Waals surface area contributed by atoms with Crippen LogP contribution in [0.4, 0.5) is 23.5 Å². The molecule has 148 valence electrons. The predicted octanol–water partition coefficient (Wildman–Crippen LogP) is 3.78. The Bertz CT molecular complexity index is 1030. The lowest BCUT2D eigenvalue weighted by Gasteiger charge is -2.06. The molecule has 2 aromatic heterocycles. The number of halogens is 6. The van der Waals surface area contributed by atoms with Crippen molar-refractivity contribution in [3.63, 3.8) is 0 Å². The molecule has 0 radical (unpaired) electrons. The number of alkyl halides is 3. The molecule has 0 spiro atoms. The number of anilines is 1. The first kappa shape index (κ1) is 20.1. The molecular formula is C15H10Cl2F4N6O. The zero-order chi connectivity index (χ0) is 20.6. The van der Waals surface area contributed by atoms with Crippen molar-refractivity contribution in [2.45, 2.75) is 12.7 Å². The molecule has 13 heteroatoms. The van der Waals surface area contributed by atoms with E-state index in [1.165, 1.54) is 29.2 Å². The molecule has 1 amide bonds. The Morgan fingerprint density at radius 2 is 1.96 bits per heavy atom. The highest BCUT2D eigenvalue weighted by atomic mass is 35.5. The summed E-state index contributed by atoms with van der Waals surface area (Å²) in [6.07, 6.45) is -3.59. The second kappa shape index (κ2) is 7.40. The van der Waals surface area contributed by atoms with Crippen LogP contribution >= 0.6 is 23.2 Å². The Hall–Kier alpha value is -2.66. The van der Waals surface area contributed by atoms with Gasteiger partial charge in [-0.25, -0.2) is 14.1 Å². The molecule has 1 aromatic carbocycles. The van der Waals surface area contributed by atoms with Gasteiger partial charge in [0, 0.05) is 17.6 Å². The van der Waals surface area contributed by atoms with Crippen molar-refractivity contribution in [3.05, 3.63) is 57.3 Å². The van der Waals surface area contributed by atoms with Crippen LogP contribution in [-0.2, 0) is 19.8 Å². The summed E-state index contributed by atoms with van der Waals surface area (Å²) in [4.78, 5) is 16.0. The largest absolute Gasteiger partial charge is 0.434 e. The highest BCUT2D eigenvalue weighted by Gasteiger charge is 2.40. The van der Waals surface area contributed by atoms with Crippen LogP contribution in [-0.4, -0.2) is 30.5 Å². The van der Waals surface area contributed by atoms with E-state index in [-0.39, 0.29) is 23.1 Å². The van der Waals surface area contributed by atoms with E-state index in [0.29, 0.717) is 4.68 Å². The summed E-state index contributed by atoms with van der Waals surface area (Å²) in [5.74, 6) is -1.81. The fraction of sp³-hybridized carbons (Fsp3) is 0.200. The number of carbonyl (C=O) groups is 1. The van der Waals surface area contributed by atoms with Gasteiger partial charge >= 0.3 is 6.18 Å². The Morgan fingerprint density at radius 1 is 1.25 bits per heavy atom. The first-order valence-corrected chi connectivity index (χ1v) is 8.27. The van der Waals surface area contributed by atoms with E-state index in [1.807, 2.05) is 0 Å². The topological polar surface area (TPSA) is 77.6 Å². The Morgan fingerprint density at radius 3 is 2.57 bits per heavy atom. The lowest BCUT2D eigenvalue weighted by molar-refractivity contribution is -0.143. The summed E-state index contributed by atoms with van der Waals surface area (Å²) in [7, 11) is 1.01. The number of rotatable bonds is 4. The van der Waals surface area contributed by atoms with Gasteiger partial charge in [0.25, 0.3) is 5.91 Å². The van der Waals surface area contributed by atoms with Crippen LogP contribution in [0.5, 0.6) is 0 Å². The lowest BCUT2D eigenvalue weighted by atomic mass is 10.2. The van der Waals surface area contributed by atoms with Gasteiger partial charge < -0.3 is 0 Å². The molecule has 0 bridgehead atoms. The number of amides is 1. The Kier molecular flexibility index (Phi) is 5.31. The van der Waals surface area contributed by atoms with Crippen LogP contribution in [0.1, 0.15) is 21.7 Å². The fourth-order valence-corrected chi connectivity index (χ4v) is 2.96. The van der Waals surface area contributed by atoms with Gasteiger partial charge in [0.2, 0.25) is 5.95 Å². The average Bonchev–Trinajstić information content (AvgIpc) is 3.14. The molecule has 1 N–H and O–H groups in total. The number of hydrogen-bond donors (Lipinski definition) is 1. The summed E-state index contributed by atoms with van der Waals surface area (Å²) in [5.41, 5.74) is -1.73. The van der Waals surface area contributed by atoms with Gasteiger partial charge in [-0.15, -0.1) is 5.10 Å². The van der Waals surface area contributed by atoms with E-state index in [9.17, 15) is 22.4 Å². The standard InChI is InChI=1S/C15H10Cl2F4N6O/c1-26-12(15(19,20)21)10(17)11(24-26)13(28)23-14-22-6-27(25-14)5-7-8(16)3-2-4-9(7)18/h2-4,6H,5H2,1H3,(H,23,25,28). The van der Waals surface area contributed by atoms with Crippen molar-refractivity contribution in [2.24, 2.45) is 7.05 Å². The molecule has 7 nitrogen and oxygen atoms in total. The first-order chi connectivity index (χ1) is 13.1. The van der Waals surface area contributed by atoms with E-state index < -0.39 is 34.3 Å². The molecule has 0 atom stereocenters. The third-order valence-corrected chi connectivity index (χ3v) is 4.33. The maximum absolute atomic E-state index is 13.8. The Balaban J connectivity index is 1.78. The van der Waals surface area contributed by atoms with Crippen LogP contribution < -0.4 is 5.32 Å². The zero-order valence-electron chi connectivity index (χ0n) is 13.9. The van der Waals surface area contributed by atoms with E-state index in [0.717, 1.165) is 7.05 Å². The molecule has 0 saturated heterocycles. The molecule has 3 aromatic rings. The average molecular weight is 437 g/mol. The SMILES string of the molecule is Cn1nc(C(=O)Nc2ncn(Cc3c(F)cccc3Cl)n2)c(Cl)c1C(F)(F)F. The van der Waals surface area contributed by atoms with Gasteiger partial charge in [0.15, 0.2) is 11.4 Å². The molecule has 2 heterocycles. The second-order valence-electron chi connectivity index (χ2n) is 5.55. The lowest BCUT2D eigenvalue weighted by Crippen LogP contribution is -2.15. The molecule has 0 aliphatic carbocycles. The maximum atomic E-state index is 13.8. The second-order valence-corrected chi connectivity index (χ2v) is 6.34. The number of nitrogens with one attached hydrogen (secondary N) is 1. The molecular weight excluding hydrogens is 427 g/mol. The molecule has 28 heavy (non-hydrogen) atoms. The summed E-state index contributed by atoms with van der Waals surface area (Å²) >= 11 is 11.6. The van der Waals surface area contributed by atoms with Crippen molar-refractivity contribution in [2.75, 3.05) is 5.32 Å². The van der Waals surface area contributed by atoms with Gasteiger partial charge in [-0.1, -0.05) is 29.3 Å². The van der Waals surface area contributed by atoms with Crippen LogP contribution in [0, 0.1) is 5.82 Å². The number of benzene rings is 1. The summed E-state index contributed by atoms with van der Waals surface area (Å²) < 4.78 is 54.3. The van der Waals surface area contributed by atoms with Gasteiger partial charge in [0.05, 0.1) is 6.54 Å². The molecule has 3 rings (SSSR count). The van der Waals surface area contributed by atoms with Gasteiger partial charge in [-0.3, -0.25) is 14.8 Å². The third kappa shape index (κ3) is 3.94. The summed E-state index contributed by atoms with van der Waals surface area (Å²) in [6.45, 7) is -0.0725. The number of aryl methyl sites for hydroxylation is 1. The minimum absolute atomic E-state index is 0.0725. The molecule has 0 fully saturated rings. The monoisotopic (exact) mass is 436 g/mol. The van der Waals surface area contributed by atoms with Crippen LogP contribution in [0.15, 0.2) is 24.5 Å². The highest BCUT2D eigenvalue weighted by molar-refractivity contribution is 6.34. The Labute approximate surface area is 164 Å². The van der Waals surface area contributed by atoms with E-state index in [1.54, 1.807) is 0 Å². The van der Waals surface area contributed by atoms with Crippen LogP contribution in [0.25, 0.3) is 0 Å². The van der Waals surface area contributed by atoms with Crippen molar-refractivity contribution in [3.8, 4) is 0 Å². The van der Waals surface area contributed by atoms with Crippen LogP contribution in [0.3, 0.4) is 0 Å². The van der Waals surface area contributed by atoms with Crippen molar-refractivity contribution >= 4 is 35.1 Å². The minimum atomic E-state index is -4.78. The zero-order valence-corrected chi connectivity index (χ0v) is 15.4.